The van der Waals surface area contributed by atoms with Crippen LogP contribution in [-0.4, -0.2) is 36.4 Å². The number of halogens is 1. The molecule has 1 heterocycles. The molecule has 0 atom stereocenters. The Morgan fingerprint density at radius 3 is 2.26 bits per heavy atom. The summed E-state index contributed by atoms with van der Waals surface area (Å²) >= 11 is 6.36. The molecular formula is C24H18ClN3O7. The Morgan fingerprint density at radius 1 is 1.06 bits per heavy atom. The smallest absolute Gasteiger partial charge is 0.286 e. The van der Waals surface area contributed by atoms with Crippen molar-refractivity contribution in [3.63, 3.8) is 0 Å². The van der Waals surface area contributed by atoms with E-state index in [2.05, 4.69) is 5.32 Å². The topological polar surface area (TPSA) is 128 Å². The molecule has 3 aromatic carbocycles. The van der Waals surface area contributed by atoms with Crippen LogP contribution >= 0.6 is 11.6 Å². The van der Waals surface area contributed by atoms with Gasteiger partial charge in [0.1, 0.15) is 5.56 Å². The van der Waals surface area contributed by atoms with Gasteiger partial charge in [-0.05, 0) is 37.3 Å². The van der Waals surface area contributed by atoms with Crippen LogP contribution < -0.4 is 19.7 Å². The molecular weight excluding hydrogens is 478 g/mol. The van der Waals surface area contributed by atoms with Crippen molar-refractivity contribution in [1.29, 1.82) is 0 Å². The van der Waals surface area contributed by atoms with Crippen LogP contribution in [0.3, 0.4) is 0 Å². The number of hydrogen-bond acceptors (Lipinski definition) is 7. The first-order chi connectivity index (χ1) is 16.8. The van der Waals surface area contributed by atoms with E-state index in [1.807, 2.05) is 0 Å². The van der Waals surface area contributed by atoms with Crippen LogP contribution in [-0.2, 0) is 0 Å². The van der Waals surface area contributed by atoms with E-state index in [1.54, 1.807) is 31.2 Å². The second-order valence-electron chi connectivity index (χ2n) is 7.32. The van der Waals surface area contributed by atoms with Crippen molar-refractivity contribution in [2.24, 2.45) is 0 Å². The molecule has 3 aromatic rings. The average molecular weight is 496 g/mol. The molecule has 0 radical (unpaired) electrons. The van der Waals surface area contributed by atoms with Gasteiger partial charge in [-0.1, -0.05) is 23.7 Å². The molecule has 1 aliphatic heterocycles. The molecule has 4 rings (SSSR count). The molecule has 0 saturated heterocycles. The lowest BCUT2D eigenvalue weighted by atomic mass is 10.1. The van der Waals surface area contributed by atoms with Crippen molar-refractivity contribution >= 4 is 46.4 Å². The predicted molar refractivity (Wildman–Crippen MR) is 128 cm³/mol. The molecule has 3 amide bonds. The van der Waals surface area contributed by atoms with Crippen molar-refractivity contribution in [3.05, 3.63) is 86.4 Å². The molecule has 10 nitrogen and oxygen atoms in total. The Morgan fingerprint density at radius 2 is 1.71 bits per heavy atom. The number of carbonyl (C=O) groups excluding carboxylic acids is 3. The Balaban J connectivity index is 1.63. The third kappa shape index (κ3) is 4.26. The fourth-order valence-electron chi connectivity index (χ4n) is 3.68. The zero-order valence-corrected chi connectivity index (χ0v) is 19.3. The summed E-state index contributed by atoms with van der Waals surface area (Å²) in [6, 6.07) is 12.9. The first-order valence-electron chi connectivity index (χ1n) is 10.3. The van der Waals surface area contributed by atoms with Crippen LogP contribution in [0, 0.1) is 10.1 Å². The summed E-state index contributed by atoms with van der Waals surface area (Å²) in [4.78, 5) is 50.2. The Labute approximate surface area is 204 Å². The molecule has 0 spiro atoms. The molecule has 0 bridgehead atoms. The minimum Gasteiger partial charge on any atom is -0.493 e. The van der Waals surface area contributed by atoms with Crippen LogP contribution in [0.5, 0.6) is 11.5 Å². The van der Waals surface area contributed by atoms with Gasteiger partial charge in [-0.3, -0.25) is 24.5 Å². The molecule has 178 valence electrons. The van der Waals surface area contributed by atoms with E-state index in [0.29, 0.717) is 0 Å². The van der Waals surface area contributed by atoms with Crippen LogP contribution in [0.2, 0.25) is 5.02 Å². The molecule has 0 unspecified atom stereocenters. The number of nitro groups is 1. The number of nitro benzene ring substituents is 1. The standard InChI is InChI=1S/C24H18ClN3O7/c1-3-35-21-11-16(19(28(32)33)12-20(21)34-2)22(29)26-13-8-9-18(17(25)10-13)27-23(30)14-6-4-5-7-15(14)24(27)31/h4-12H,3H2,1-2H3,(H,26,29). The van der Waals surface area contributed by atoms with Crippen LogP contribution in [0.15, 0.2) is 54.6 Å². The van der Waals surface area contributed by atoms with E-state index in [1.165, 1.54) is 31.4 Å². The molecule has 0 aliphatic carbocycles. The fourth-order valence-corrected chi connectivity index (χ4v) is 3.95. The number of carbonyl (C=O) groups is 3. The van der Waals surface area contributed by atoms with E-state index < -0.39 is 28.3 Å². The number of nitrogens with one attached hydrogen (secondary N) is 1. The number of benzene rings is 3. The van der Waals surface area contributed by atoms with Gasteiger partial charge in [-0.15, -0.1) is 0 Å². The van der Waals surface area contributed by atoms with Gasteiger partial charge in [0, 0.05) is 11.8 Å². The van der Waals surface area contributed by atoms with E-state index in [0.717, 1.165) is 11.0 Å². The first kappa shape index (κ1) is 23.7. The fraction of sp³-hybridized carbons (Fsp3) is 0.125. The highest BCUT2D eigenvalue weighted by Gasteiger charge is 2.37. The van der Waals surface area contributed by atoms with Crippen LogP contribution in [0.25, 0.3) is 0 Å². The van der Waals surface area contributed by atoms with Gasteiger partial charge in [-0.2, -0.15) is 0 Å². The van der Waals surface area contributed by atoms with Crippen molar-refractivity contribution in [2.45, 2.75) is 6.92 Å². The van der Waals surface area contributed by atoms with Crippen molar-refractivity contribution in [2.75, 3.05) is 23.9 Å². The number of ether oxygens (including phenoxy) is 2. The lowest BCUT2D eigenvalue weighted by Crippen LogP contribution is -2.29. The molecule has 1 aliphatic rings. The largest absolute Gasteiger partial charge is 0.493 e. The van der Waals surface area contributed by atoms with Gasteiger partial charge in [-0.25, -0.2) is 4.90 Å². The zero-order chi connectivity index (χ0) is 25.3. The molecule has 35 heavy (non-hydrogen) atoms. The third-order valence-electron chi connectivity index (χ3n) is 5.26. The van der Waals surface area contributed by atoms with Crippen molar-refractivity contribution in [1.82, 2.24) is 0 Å². The summed E-state index contributed by atoms with van der Waals surface area (Å²) < 4.78 is 10.5. The summed E-state index contributed by atoms with van der Waals surface area (Å²) in [5, 5.41) is 14.1. The second-order valence-corrected chi connectivity index (χ2v) is 7.73. The van der Waals surface area contributed by atoms with Gasteiger partial charge in [0.15, 0.2) is 11.5 Å². The van der Waals surface area contributed by atoms with Gasteiger partial charge in [0.25, 0.3) is 23.4 Å². The molecule has 11 heteroatoms. The highest BCUT2D eigenvalue weighted by molar-refractivity contribution is 6.40. The highest BCUT2D eigenvalue weighted by atomic mass is 35.5. The maximum absolute atomic E-state index is 12.9. The quantitative estimate of drug-likeness (QED) is 0.285. The number of imide groups is 1. The summed E-state index contributed by atoms with van der Waals surface area (Å²) in [6.45, 7) is 1.97. The molecule has 0 saturated carbocycles. The van der Waals surface area contributed by atoms with Crippen molar-refractivity contribution in [3.8, 4) is 11.5 Å². The Bertz CT molecular complexity index is 1350. The summed E-state index contributed by atoms with van der Waals surface area (Å²) in [5.74, 6) is -1.53. The monoisotopic (exact) mass is 495 g/mol. The lowest BCUT2D eigenvalue weighted by molar-refractivity contribution is -0.385. The van der Waals surface area contributed by atoms with E-state index in [4.69, 9.17) is 21.1 Å². The second kappa shape index (κ2) is 9.43. The number of anilines is 2. The number of amides is 3. The van der Waals surface area contributed by atoms with Crippen molar-refractivity contribution < 1.29 is 28.8 Å². The average Bonchev–Trinajstić information content (AvgIpc) is 3.09. The van der Waals surface area contributed by atoms with Gasteiger partial charge < -0.3 is 14.8 Å². The minimum absolute atomic E-state index is 0.0246. The summed E-state index contributed by atoms with van der Waals surface area (Å²) in [6.07, 6.45) is 0. The maximum atomic E-state index is 12.9. The summed E-state index contributed by atoms with van der Waals surface area (Å²) in [5.41, 5.74) is 0.149. The lowest BCUT2D eigenvalue weighted by Gasteiger charge is -2.17. The summed E-state index contributed by atoms with van der Waals surface area (Å²) in [7, 11) is 1.33. The third-order valence-corrected chi connectivity index (χ3v) is 5.57. The van der Waals surface area contributed by atoms with Gasteiger partial charge in [0.05, 0.1) is 46.5 Å². The SMILES string of the molecule is CCOc1cc(C(=O)Nc2ccc(N3C(=O)c4ccccc4C3=O)c(Cl)c2)c([N+](=O)[O-])cc1OC. The molecule has 0 aromatic heterocycles. The first-order valence-corrected chi connectivity index (χ1v) is 10.7. The number of rotatable bonds is 7. The number of hydrogen-bond donors (Lipinski definition) is 1. The highest BCUT2D eigenvalue weighted by Crippen LogP contribution is 2.37. The van der Waals surface area contributed by atoms with Crippen LogP contribution in [0.4, 0.5) is 17.1 Å². The number of fused-ring (bicyclic) bond motifs is 1. The molecule has 1 N–H and O–H groups in total. The Hall–Kier alpha value is -4.44. The van der Waals surface area contributed by atoms with E-state index >= 15 is 0 Å². The van der Waals surface area contributed by atoms with E-state index in [-0.39, 0.29) is 51.2 Å². The number of methoxy groups -OCH3 is 1. The zero-order valence-electron chi connectivity index (χ0n) is 18.5. The van der Waals surface area contributed by atoms with E-state index in [9.17, 15) is 24.5 Å². The Kier molecular flexibility index (Phi) is 6.39. The van der Waals surface area contributed by atoms with Gasteiger partial charge >= 0.3 is 0 Å². The predicted octanol–water partition coefficient (Wildman–Crippen LogP) is 4.71. The minimum atomic E-state index is -0.787. The number of nitrogens with zero attached hydrogens (tertiary/aromatic N) is 2. The normalized spacial score (nSPS) is 12.4. The van der Waals surface area contributed by atoms with Gasteiger partial charge in [0.2, 0.25) is 0 Å². The maximum Gasteiger partial charge on any atom is 0.286 e. The molecule has 0 fully saturated rings. The van der Waals surface area contributed by atoms with Crippen LogP contribution in [0.1, 0.15) is 38.0 Å².